The van der Waals surface area contributed by atoms with E-state index < -0.39 is 5.97 Å². The van der Waals surface area contributed by atoms with Crippen LogP contribution in [0, 0.1) is 6.92 Å². The lowest BCUT2D eigenvalue weighted by molar-refractivity contribution is -0.137. The molecule has 0 heterocycles. The minimum Gasteiger partial charge on any atom is -0.481 e. The van der Waals surface area contributed by atoms with Crippen molar-refractivity contribution in [1.82, 2.24) is 4.90 Å². The minimum atomic E-state index is -0.888. The molecule has 1 aliphatic rings. The molecule has 0 aliphatic heterocycles. The predicted molar refractivity (Wildman–Crippen MR) is 72.5 cm³/mol. The van der Waals surface area contributed by atoms with E-state index in [1.165, 1.54) is 0 Å². The Morgan fingerprint density at radius 2 is 2.05 bits per heavy atom. The van der Waals surface area contributed by atoms with Gasteiger partial charge in [0.1, 0.15) is 0 Å². The van der Waals surface area contributed by atoms with Crippen LogP contribution in [-0.4, -0.2) is 34.5 Å². The fourth-order valence-corrected chi connectivity index (χ4v) is 2.37. The number of hydrogen-bond donors (Lipinski definition) is 1. The molecule has 102 valence electrons. The van der Waals surface area contributed by atoms with Gasteiger partial charge in [-0.3, -0.25) is 9.59 Å². The lowest BCUT2D eigenvalue weighted by Gasteiger charge is -2.22. The molecule has 0 spiro atoms. The number of carboxylic acids is 1. The molecular formula is C14H16ClNO3. The fourth-order valence-electron chi connectivity index (χ4n) is 2.08. The van der Waals surface area contributed by atoms with Gasteiger partial charge in [0.15, 0.2) is 0 Å². The predicted octanol–water partition coefficient (Wildman–Crippen LogP) is 2.73. The Kier molecular flexibility index (Phi) is 4.10. The third kappa shape index (κ3) is 3.70. The number of hydrogen-bond acceptors (Lipinski definition) is 2. The molecule has 1 aromatic carbocycles. The quantitative estimate of drug-likeness (QED) is 0.903. The zero-order valence-electron chi connectivity index (χ0n) is 10.7. The van der Waals surface area contributed by atoms with Gasteiger partial charge in [-0.2, -0.15) is 0 Å². The second-order valence-corrected chi connectivity index (χ2v) is 5.33. The summed E-state index contributed by atoms with van der Waals surface area (Å²) in [6.07, 6.45) is 1.87. The third-order valence-corrected chi connectivity index (χ3v) is 3.32. The molecule has 1 aromatic rings. The number of carbonyl (C=O) groups excluding carboxylic acids is 1. The van der Waals surface area contributed by atoms with E-state index in [1.54, 1.807) is 23.1 Å². The van der Waals surface area contributed by atoms with Gasteiger partial charge in [-0.25, -0.2) is 0 Å². The van der Waals surface area contributed by atoms with Crippen molar-refractivity contribution in [2.75, 3.05) is 6.54 Å². The van der Waals surface area contributed by atoms with Crippen molar-refractivity contribution >= 4 is 23.5 Å². The zero-order valence-corrected chi connectivity index (χ0v) is 11.5. The molecule has 19 heavy (non-hydrogen) atoms. The van der Waals surface area contributed by atoms with E-state index in [0.29, 0.717) is 10.6 Å². The molecule has 4 nitrogen and oxygen atoms in total. The van der Waals surface area contributed by atoms with Crippen molar-refractivity contribution in [3.63, 3.8) is 0 Å². The van der Waals surface area contributed by atoms with Crippen molar-refractivity contribution in [3.05, 3.63) is 34.3 Å². The van der Waals surface area contributed by atoms with Gasteiger partial charge in [-0.1, -0.05) is 11.6 Å². The number of benzene rings is 1. The Morgan fingerprint density at radius 1 is 1.37 bits per heavy atom. The van der Waals surface area contributed by atoms with Gasteiger partial charge in [-0.15, -0.1) is 0 Å². The lowest BCUT2D eigenvalue weighted by atomic mass is 10.1. The van der Waals surface area contributed by atoms with Crippen LogP contribution in [0.2, 0.25) is 5.02 Å². The van der Waals surface area contributed by atoms with Crippen molar-refractivity contribution < 1.29 is 14.7 Å². The molecule has 1 aliphatic carbocycles. The molecule has 1 fully saturated rings. The Labute approximate surface area is 117 Å². The highest BCUT2D eigenvalue weighted by atomic mass is 35.5. The molecule has 0 aromatic heterocycles. The maximum absolute atomic E-state index is 12.4. The van der Waals surface area contributed by atoms with Crippen LogP contribution >= 0.6 is 11.6 Å². The summed E-state index contributed by atoms with van der Waals surface area (Å²) in [7, 11) is 0. The molecule has 1 N–H and O–H groups in total. The summed E-state index contributed by atoms with van der Waals surface area (Å²) in [6.45, 7) is 2.13. The van der Waals surface area contributed by atoms with Crippen LogP contribution in [0.3, 0.4) is 0 Å². The van der Waals surface area contributed by atoms with E-state index in [2.05, 4.69) is 0 Å². The Balaban J connectivity index is 2.16. The number of rotatable bonds is 5. The molecule has 5 heteroatoms. The van der Waals surface area contributed by atoms with Gasteiger partial charge in [-0.05, 0) is 43.5 Å². The number of carbonyl (C=O) groups is 2. The van der Waals surface area contributed by atoms with Gasteiger partial charge in [0, 0.05) is 23.2 Å². The Bertz CT molecular complexity index is 491. The highest BCUT2D eigenvalue weighted by Gasteiger charge is 2.33. The lowest BCUT2D eigenvalue weighted by Crippen LogP contribution is -2.35. The van der Waals surface area contributed by atoms with Gasteiger partial charge < -0.3 is 10.0 Å². The Morgan fingerprint density at radius 3 is 2.58 bits per heavy atom. The van der Waals surface area contributed by atoms with Crippen molar-refractivity contribution in [1.29, 1.82) is 0 Å². The molecular weight excluding hydrogens is 266 g/mol. The van der Waals surface area contributed by atoms with Crippen LogP contribution in [0.4, 0.5) is 0 Å². The first-order valence-electron chi connectivity index (χ1n) is 6.27. The number of halogens is 1. The van der Waals surface area contributed by atoms with Gasteiger partial charge in [0.25, 0.3) is 5.91 Å². The number of aliphatic carboxylic acids is 1. The van der Waals surface area contributed by atoms with Crippen molar-refractivity contribution in [2.24, 2.45) is 0 Å². The molecule has 1 amide bonds. The van der Waals surface area contributed by atoms with E-state index in [9.17, 15) is 9.59 Å². The van der Waals surface area contributed by atoms with Crippen LogP contribution in [0.15, 0.2) is 18.2 Å². The topological polar surface area (TPSA) is 57.6 Å². The van der Waals surface area contributed by atoms with Crippen molar-refractivity contribution in [2.45, 2.75) is 32.2 Å². The van der Waals surface area contributed by atoms with Crippen LogP contribution in [0.25, 0.3) is 0 Å². The highest BCUT2D eigenvalue weighted by molar-refractivity contribution is 6.31. The zero-order chi connectivity index (χ0) is 14.0. The minimum absolute atomic E-state index is 0.0260. The number of nitrogens with zero attached hydrogens (tertiary/aromatic N) is 1. The largest absolute Gasteiger partial charge is 0.481 e. The number of aryl methyl sites for hydroxylation is 1. The first kappa shape index (κ1) is 13.9. The van der Waals surface area contributed by atoms with Crippen LogP contribution in [0.1, 0.15) is 35.2 Å². The Hall–Kier alpha value is -1.55. The standard InChI is InChI=1S/C14H16ClNO3/c1-9-6-10(8-11(15)7-9)14(19)16(12-2-3-12)5-4-13(17)18/h6-8,12H,2-5H2,1H3,(H,17,18). The van der Waals surface area contributed by atoms with Crippen molar-refractivity contribution in [3.8, 4) is 0 Å². The molecule has 0 unspecified atom stereocenters. The van der Waals surface area contributed by atoms with Gasteiger partial charge >= 0.3 is 5.97 Å². The summed E-state index contributed by atoms with van der Waals surface area (Å²) in [6, 6.07) is 5.39. The second-order valence-electron chi connectivity index (χ2n) is 4.89. The summed E-state index contributed by atoms with van der Waals surface area (Å²) in [5.41, 5.74) is 1.45. The van der Waals surface area contributed by atoms with Crippen LogP contribution in [-0.2, 0) is 4.79 Å². The normalized spacial score (nSPS) is 14.2. The summed E-state index contributed by atoms with van der Waals surface area (Å²) >= 11 is 5.96. The van der Waals surface area contributed by atoms with E-state index in [4.69, 9.17) is 16.7 Å². The molecule has 0 radical (unpaired) electrons. The van der Waals surface area contributed by atoms with E-state index in [0.717, 1.165) is 18.4 Å². The molecule has 0 atom stereocenters. The van der Waals surface area contributed by atoms with E-state index in [1.807, 2.05) is 6.92 Å². The smallest absolute Gasteiger partial charge is 0.305 e. The highest BCUT2D eigenvalue weighted by Crippen LogP contribution is 2.29. The maximum atomic E-state index is 12.4. The van der Waals surface area contributed by atoms with E-state index in [-0.39, 0.29) is 24.9 Å². The maximum Gasteiger partial charge on any atom is 0.305 e. The summed E-state index contributed by atoms with van der Waals surface area (Å²) in [5, 5.41) is 9.27. The second kappa shape index (κ2) is 5.61. The van der Waals surface area contributed by atoms with Gasteiger partial charge in [0.2, 0.25) is 0 Å². The van der Waals surface area contributed by atoms with Gasteiger partial charge in [0.05, 0.1) is 6.42 Å². The molecule has 2 rings (SSSR count). The summed E-state index contributed by atoms with van der Waals surface area (Å²) in [4.78, 5) is 24.7. The van der Waals surface area contributed by atoms with E-state index >= 15 is 0 Å². The fraction of sp³-hybridized carbons (Fsp3) is 0.429. The summed E-state index contributed by atoms with van der Waals surface area (Å²) < 4.78 is 0. The third-order valence-electron chi connectivity index (χ3n) is 3.10. The number of amides is 1. The molecule has 0 saturated heterocycles. The van der Waals surface area contributed by atoms with Crippen LogP contribution < -0.4 is 0 Å². The average molecular weight is 282 g/mol. The molecule has 0 bridgehead atoms. The first-order valence-corrected chi connectivity index (χ1v) is 6.65. The molecule has 1 saturated carbocycles. The number of carboxylic acid groups (broad SMARTS) is 1. The average Bonchev–Trinajstić information content (AvgIpc) is 3.11. The summed E-state index contributed by atoms with van der Waals surface area (Å²) in [5.74, 6) is -1.02. The SMILES string of the molecule is Cc1cc(Cl)cc(C(=O)N(CCC(=O)O)C2CC2)c1. The van der Waals surface area contributed by atoms with Crippen LogP contribution in [0.5, 0.6) is 0 Å². The first-order chi connectivity index (χ1) is 8.97. The monoisotopic (exact) mass is 281 g/mol.